The molecule has 0 spiro atoms. The lowest BCUT2D eigenvalue weighted by Gasteiger charge is -2.31. The minimum absolute atomic E-state index is 0.0140. The first kappa shape index (κ1) is 21.7. The Hall–Kier alpha value is -2.05. The fourth-order valence-electron chi connectivity index (χ4n) is 3.41. The quantitative estimate of drug-likeness (QED) is 0.728. The summed E-state index contributed by atoms with van der Waals surface area (Å²) in [5.41, 5.74) is 0.711. The molecule has 1 fully saturated rings. The van der Waals surface area contributed by atoms with E-state index in [0.717, 1.165) is 0 Å². The van der Waals surface area contributed by atoms with Gasteiger partial charge in [0.15, 0.2) is 11.7 Å². The van der Waals surface area contributed by atoms with E-state index in [2.05, 4.69) is 10.3 Å². The number of carbonyl (C=O) groups is 2. The minimum Gasteiger partial charge on any atom is -0.441 e. The molecule has 1 aliphatic heterocycles. The van der Waals surface area contributed by atoms with Crippen LogP contribution >= 0.6 is 23.2 Å². The number of nitrogens with zero attached hydrogens (tertiary/aromatic N) is 2. The zero-order valence-corrected chi connectivity index (χ0v) is 18.1. The van der Waals surface area contributed by atoms with Gasteiger partial charge in [0, 0.05) is 48.5 Å². The lowest BCUT2D eigenvalue weighted by molar-refractivity contribution is -0.135. The number of benzene rings is 1. The van der Waals surface area contributed by atoms with Crippen molar-refractivity contribution in [3.63, 3.8) is 0 Å². The number of hydrogen-bond acceptors (Lipinski definition) is 4. The van der Waals surface area contributed by atoms with Crippen molar-refractivity contribution in [2.45, 2.75) is 45.6 Å². The first-order valence-corrected chi connectivity index (χ1v) is 10.6. The summed E-state index contributed by atoms with van der Waals surface area (Å²) in [6.45, 7) is 5.11. The molecule has 1 aliphatic rings. The summed E-state index contributed by atoms with van der Waals surface area (Å²) in [6, 6.07) is 5.30. The predicted molar refractivity (Wildman–Crippen MR) is 113 cm³/mol. The molecule has 1 saturated heterocycles. The number of amides is 2. The second-order valence-corrected chi connectivity index (χ2v) is 8.40. The molecule has 0 aliphatic carbocycles. The van der Waals surface area contributed by atoms with Gasteiger partial charge in [-0.15, -0.1) is 0 Å². The molecule has 0 bridgehead atoms. The molecule has 3 rings (SSSR count). The van der Waals surface area contributed by atoms with Crippen LogP contribution in [-0.4, -0.2) is 40.8 Å². The molecule has 0 saturated carbocycles. The number of piperidine rings is 1. The number of aromatic nitrogens is 1. The molecule has 2 amide bonds. The number of aryl methyl sites for hydroxylation is 1. The van der Waals surface area contributed by atoms with Crippen LogP contribution in [0.5, 0.6) is 0 Å². The van der Waals surface area contributed by atoms with Crippen molar-refractivity contribution in [2.75, 3.05) is 13.1 Å². The molecule has 1 aromatic carbocycles. The predicted octanol–water partition coefficient (Wildman–Crippen LogP) is 4.34. The van der Waals surface area contributed by atoms with Crippen LogP contribution in [0, 0.1) is 5.92 Å². The van der Waals surface area contributed by atoms with Crippen LogP contribution in [-0.2, 0) is 16.0 Å². The van der Waals surface area contributed by atoms with Crippen LogP contribution in [0.4, 0.5) is 0 Å². The van der Waals surface area contributed by atoms with E-state index in [1.165, 1.54) is 0 Å². The number of carbonyl (C=O) groups excluding carboxylic acids is 2. The average Bonchev–Trinajstić information content (AvgIpc) is 3.14. The van der Waals surface area contributed by atoms with E-state index >= 15 is 0 Å². The lowest BCUT2D eigenvalue weighted by atomic mass is 9.95. The molecule has 2 aromatic rings. The molecular weight excluding hydrogens is 413 g/mol. The van der Waals surface area contributed by atoms with E-state index in [1.54, 1.807) is 24.4 Å². The van der Waals surface area contributed by atoms with Gasteiger partial charge in [-0.2, -0.15) is 0 Å². The highest BCUT2D eigenvalue weighted by Crippen LogP contribution is 2.31. The Balaban J connectivity index is 1.49. The smallest absolute Gasteiger partial charge is 0.223 e. The van der Waals surface area contributed by atoms with E-state index in [0.29, 0.717) is 66.0 Å². The van der Waals surface area contributed by atoms with Gasteiger partial charge in [-0.1, -0.05) is 23.2 Å². The molecule has 1 aromatic heterocycles. The fourth-order valence-corrected chi connectivity index (χ4v) is 3.91. The Morgan fingerprint density at radius 1 is 1.28 bits per heavy atom. The Morgan fingerprint density at radius 2 is 2.00 bits per heavy atom. The van der Waals surface area contributed by atoms with Gasteiger partial charge in [0.25, 0.3) is 0 Å². The Labute approximate surface area is 180 Å². The molecule has 0 atom stereocenters. The van der Waals surface area contributed by atoms with Crippen LogP contribution < -0.4 is 5.32 Å². The SMILES string of the molecule is CC(C)NC(=O)C1CCN(C(=O)CCc2ncc(-c3ccc(Cl)cc3Cl)o2)CC1. The van der Waals surface area contributed by atoms with Crippen molar-refractivity contribution < 1.29 is 14.0 Å². The van der Waals surface area contributed by atoms with Crippen LogP contribution in [0.3, 0.4) is 0 Å². The molecular formula is C21H25Cl2N3O3. The number of oxazole rings is 1. The van der Waals surface area contributed by atoms with Crippen molar-refractivity contribution in [3.05, 3.63) is 40.3 Å². The fraction of sp³-hybridized carbons (Fsp3) is 0.476. The van der Waals surface area contributed by atoms with Crippen molar-refractivity contribution in [3.8, 4) is 11.3 Å². The molecule has 0 unspecified atom stereocenters. The van der Waals surface area contributed by atoms with Crippen LogP contribution in [0.2, 0.25) is 10.0 Å². The summed E-state index contributed by atoms with van der Waals surface area (Å²) in [4.78, 5) is 30.7. The maximum atomic E-state index is 12.5. The highest BCUT2D eigenvalue weighted by molar-refractivity contribution is 6.36. The third-order valence-corrected chi connectivity index (χ3v) is 5.50. The first-order chi connectivity index (χ1) is 13.8. The minimum atomic E-state index is -0.0140. The summed E-state index contributed by atoms with van der Waals surface area (Å²) in [7, 11) is 0. The van der Waals surface area contributed by atoms with Gasteiger partial charge >= 0.3 is 0 Å². The summed E-state index contributed by atoms with van der Waals surface area (Å²) >= 11 is 12.1. The van der Waals surface area contributed by atoms with Gasteiger partial charge < -0.3 is 14.6 Å². The van der Waals surface area contributed by atoms with Gasteiger partial charge in [-0.05, 0) is 44.9 Å². The van der Waals surface area contributed by atoms with Crippen molar-refractivity contribution >= 4 is 35.0 Å². The number of nitrogens with one attached hydrogen (secondary N) is 1. The number of rotatable bonds is 6. The largest absolute Gasteiger partial charge is 0.441 e. The van der Waals surface area contributed by atoms with E-state index in [4.69, 9.17) is 27.6 Å². The molecule has 29 heavy (non-hydrogen) atoms. The zero-order valence-electron chi connectivity index (χ0n) is 16.6. The second-order valence-electron chi connectivity index (χ2n) is 7.56. The van der Waals surface area contributed by atoms with E-state index in [9.17, 15) is 9.59 Å². The highest BCUT2D eigenvalue weighted by Gasteiger charge is 2.27. The normalized spacial score (nSPS) is 15.0. The second kappa shape index (κ2) is 9.63. The Kier molecular flexibility index (Phi) is 7.19. The standard InChI is InChI=1S/C21H25Cl2N3O3/c1-13(2)25-21(28)14-7-9-26(10-8-14)20(27)6-5-19-24-12-18(29-19)16-4-3-15(22)11-17(16)23/h3-4,11-14H,5-10H2,1-2H3,(H,25,28). The average molecular weight is 438 g/mol. The summed E-state index contributed by atoms with van der Waals surface area (Å²) in [5, 5.41) is 3.98. The molecule has 1 N–H and O–H groups in total. The molecule has 156 valence electrons. The third kappa shape index (κ3) is 5.73. The summed E-state index contributed by atoms with van der Waals surface area (Å²) < 4.78 is 5.75. The first-order valence-electron chi connectivity index (χ1n) is 9.81. The maximum Gasteiger partial charge on any atom is 0.223 e. The van der Waals surface area contributed by atoms with Gasteiger partial charge in [0.05, 0.1) is 11.2 Å². The third-order valence-electron chi connectivity index (χ3n) is 4.95. The Morgan fingerprint density at radius 3 is 2.66 bits per heavy atom. The van der Waals surface area contributed by atoms with Gasteiger partial charge in [0.1, 0.15) is 0 Å². The summed E-state index contributed by atoms with van der Waals surface area (Å²) in [6.07, 6.45) is 3.73. The van der Waals surface area contributed by atoms with Crippen molar-refractivity contribution in [1.82, 2.24) is 15.2 Å². The van der Waals surface area contributed by atoms with Gasteiger partial charge in [-0.3, -0.25) is 9.59 Å². The van der Waals surface area contributed by atoms with Crippen LogP contribution in [0.15, 0.2) is 28.8 Å². The molecule has 0 radical (unpaired) electrons. The molecule has 2 heterocycles. The van der Waals surface area contributed by atoms with E-state index in [-0.39, 0.29) is 23.8 Å². The van der Waals surface area contributed by atoms with Crippen LogP contribution in [0.1, 0.15) is 39.0 Å². The molecule has 8 heteroatoms. The van der Waals surface area contributed by atoms with E-state index in [1.807, 2.05) is 18.7 Å². The highest BCUT2D eigenvalue weighted by atomic mass is 35.5. The van der Waals surface area contributed by atoms with Gasteiger partial charge in [0.2, 0.25) is 11.8 Å². The van der Waals surface area contributed by atoms with Gasteiger partial charge in [-0.25, -0.2) is 4.98 Å². The number of likely N-dealkylation sites (tertiary alicyclic amines) is 1. The van der Waals surface area contributed by atoms with Crippen molar-refractivity contribution in [2.24, 2.45) is 5.92 Å². The van der Waals surface area contributed by atoms with Crippen LogP contribution in [0.25, 0.3) is 11.3 Å². The lowest BCUT2D eigenvalue weighted by Crippen LogP contribution is -2.44. The summed E-state index contributed by atoms with van der Waals surface area (Å²) in [5.74, 6) is 1.16. The van der Waals surface area contributed by atoms with E-state index < -0.39 is 0 Å². The molecule has 6 nitrogen and oxygen atoms in total. The van der Waals surface area contributed by atoms with Crippen molar-refractivity contribution in [1.29, 1.82) is 0 Å². The Bertz CT molecular complexity index is 874. The zero-order chi connectivity index (χ0) is 21.0. The number of halogens is 2. The topological polar surface area (TPSA) is 75.4 Å². The number of hydrogen-bond donors (Lipinski definition) is 1. The maximum absolute atomic E-state index is 12.5. The monoisotopic (exact) mass is 437 g/mol.